The van der Waals surface area contributed by atoms with Crippen LogP contribution in [0.1, 0.15) is 37.8 Å². The van der Waals surface area contributed by atoms with E-state index in [1.54, 1.807) is 30.0 Å². The Kier molecular flexibility index (Phi) is 3.84. The highest BCUT2D eigenvalue weighted by molar-refractivity contribution is 7.92. The van der Waals surface area contributed by atoms with Crippen LogP contribution in [0.2, 0.25) is 0 Å². The second-order valence-electron chi connectivity index (χ2n) is 7.23. The van der Waals surface area contributed by atoms with E-state index >= 15 is 0 Å². The molecule has 0 radical (unpaired) electrons. The van der Waals surface area contributed by atoms with Gasteiger partial charge < -0.3 is 4.90 Å². The zero-order valence-corrected chi connectivity index (χ0v) is 16.0. The summed E-state index contributed by atoms with van der Waals surface area (Å²) in [6.07, 6.45) is 0.672. The SMILES string of the molecule is CC(=O)N1c2ccc(S(=O)(=O)N3CC(C)c4ccccc43)cc2CC1C. The lowest BCUT2D eigenvalue weighted by molar-refractivity contribution is -0.116. The van der Waals surface area contributed by atoms with E-state index in [0.717, 1.165) is 22.5 Å². The lowest BCUT2D eigenvalue weighted by Gasteiger charge is -2.22. The minimum Gasteiger partial charge on any atom is -0.309 e. The molecule has 136 valence electrons. The zero-order chi connectivity index (χ0) is 18.6. The molecule has 26 heavy (non-hydrogen) atoms. The standard InChI is InChI=1S/C20H22N2O3S/c1-13-12-21(20-7-5-4-6-18(13)20)26(24,25)17-8-9-19-16(11-17)10-14(2)22(19)15(3)23/h4-9,11,13-14H,10,12H2,1-3H3. The lowest BCUT2D eigenvalue weighted by Crippen LogP contribution is -2.33. The van der Waals surface area contributed by atoms with E-state index in [0.29, 0.717) is 13.0 Å². The molecule has 1 amide bonds. The summed E-state index contributed by atoms with van der Waals surface area (Å²) in [5, 5.41) is 0. The molecule has 0 N–H and O–H groups in total. The van der Waals surface area contributed by atoms with E-state index < -0.39 is 10.0 Å². The number of amides is 1. The number of carbonyl (C=O) groups is 1. The first-order valence-corrected chi connectivity index (χ1v) is 10.3. The van der Waals surface area contributed by atoms with Crippen LogP contribution in [-0.4, -0.2) is 26.9 Å². The van der Waals surface area contributed by atoms with Gasteiger partial charge in [0.15, 0.2) is 0 Å². The summed E-state index contributed by atoms with van der Waals surface area (Å²) in [7, 11) is -3.63. The number of carbonyl (C=O) groups excluding carboxylic acids is 1. The van der Waals surface area contributed by atoms with Crippen molar-refractivity contribution in [3.63, 3.8) is 0 Å². The molecule has 0 aliphatic carbocycles. The van der Waals surface area contributed by atoms with Crippen LogP contribution in [0.5, 0.6) is 0 Å². The molecule has 2 aliphatic rings. The van der Waals surface area contributed by atoms with Gasteiger partial charge in [0.25, 0.3) is 10.0 Å². The van der Waals surface area contributed by atoms with Crippen molar-refractivity contribution in [2.24, 2.45) is 0 Å². The van der Waals surface area contributed by atoms with Crippen molar-refractivity contribution in [1.29, 1.82) is 0 Å². The van der Waals surface area contributed by atoms with Crippen molar-refractivity contribution in [3.05, 3.63) is 53.6 Å². The van der Waals surface area contributed by atoms with Gasteiger partial charge in [0.1, 0.15) is 0 Å². The molecule has 2 aromatic rings. The van der Waals surface area contributed by atoms with Crippen molar-refractivity contribution < 1.29 is 13.2 Å². The number of rotatable bonds is 2. The molecular formula is C20H22N2O3S. The Bertz CT molecular complexity index is 1000. The predicted molar refractivity (Wildman–Crippen MR) is 102 cm³/mol. The van der Waals surface area contributed by atoms with Gasteiger partial charge in [0, 0.05) is 31.1 Å². The van der Waals surface area contributed by atoms with Gasteiger partial charge in [-0.3, -0.25) is 9.10 Å². The number of benzene rings is 2. The summed E-state index contributed by atoms with van der Waals surface area (Å²) in [5.74, 6) is 0.151. The quantitative estimate of drug-likeness (QED) is 0.815. The monoisotopic (exact) mass is 370 g/mol. The fourth-order valence-corrected chi connectivity index (χ4v) is 5.81. The minimum absolute atomic E-state index is 0.0193. The van der Waals surface area contributed by atoms with Crippen LogP contribution < -0.4 is 9.21 Å². The Labute approximate surface area is 154 Å². The summed E-state index contributed by atoms with van der Waals surface area (Å²) >= 11 is 0. The van der Waals surface area contributed by atoms with Gasteiger partial charge in [-0.05, 0) is 48.7 Å². The maximum atomic E-state index is 13.3. The van der Waals surface area contributed by atoms with E-state index in [9.17, 15) is 13.2 Å². The van der Waals surface area contributed by atoms with Crippen molar-refractivity contribution in [3.8, 4) is 0 Å². The first-order valence-electron chi connectivity index (χ1n) is 8.85. The van der Waals surface area contributed by atoms with Gasteiger partial charge in [-0.25, -0.2) is 8.42 Å². The summed E-state index contributed by atoms with van der Waals surface area (Å²) in [6.45, 7) is 6.02. The van der Waals surface area contributed by atoms with Crippen LogP contribution in [0, 0.1) is 0 Å². The van der Waals surface area contributed by atoms with Crippen molar-refractivity contribution >= 4 is 27.3 Å². The number of anilines is 2. The zero-order valence-electron chi connectivity index (χ0n) is 15.1. The Balaban J connectivity index is 1.75. The first kappa shape index (κ1) is 17.1. The summed E-state index contributed by atoms with van der Waals surface area (Å²) in [6, 6.07) is 12.8. The van der Waals surface area contributed by atoms with Crippen LogP contribution in [0.4, 0.5) is 11.4 Å². The van der Waals surface area contributed by atoms with E-state index in [1.165, 1.54) is 4.31 Å². The topological polar surface area (TPSA) is 57.7 Å². The molecule has 2 heterocycles. The predicted octanol–water partition coefficient (Wildman–Crippen LogP) is 3.30. The van der Waals surface area contributed by atoms with Crippen LogP contribution in [0.3, 0.4) is 0 Å². The average molecular weight is 370 g/mol. The van der Waals surface area contributed by atoms with Gasteiger partial charge in [0.05, 0.1) is 10.6 Å². The fourth-order valence-electron chi connectivity index (χ4n) is 4.18. The maximum absolute atomic E-state index is 13.3. The Morgan fingerprint density at radius 2 is 1.81 bits per heavy atom. The molecule has 0 saturated carbocycles. The number of hydrogen-bond acceptors (Lipinski definition) is 3. The van der Waals surface area contributed by atoms with Crippen LogP contribution in [-0.2, 0) is 21.2 Å². The number of fused-ring (bicyclic) bond motifs is 2. The van der Waals surface area contributed by atoms with Crippen molar-refractivity contribution in [2.75, 3.05) is 15.7 Å². The van der Waals surface area contributed by atoms with Crippen molar-refractivity contribution in [1.82, 2.24) is 0 Å². The third kappa shape index (κ3) is 2.43. The molecule has 4 rings (SSSR count). The van der Waals surface area contributed by atoms with E-state index in [2.05, 4.69) is 0 Å². The summed E-state index contributed by atoms with van der Waals surface area (Å²) in [4.78, 5) is 13.9. The summed E-state index contributed by atoms with van der Waals surface area (Å²) < 4.78 is 28.1. The normalized spacial score (nSPS) is 21.7. The Morgan fingerprint density at radius 1 is 1.08 bits per heavy atom. The van der Waals surface area contributed by atoms with Gasteiger partial charge in [-0.1, -0.05) is 25.1 Å². The molecule has 2 atom stereocenters. The smallest absolute Gasteiger partial charge is 0.264 e. The molecule has 0 aromatic heterocycles. The lowest BCUT2D eigenvalue weighted by atomic mass is 10.0. The summed E-state index contributed by atoms with van der Waals surface area (Å²) in [5.41, 5.74) is 3.56. The molecule has 5 nitrogen and oxygen atoms in total. The highest BCUT2D eigenvalue weighted by atomic mass is 32.2. The molecular weight excluding hydrogens is 348 g/mol. The molecule has 0 fully saturated rings. The first-order chi connectivity index (χ1) is 12.3. The number of nitrogens with zero attached hydrogens (tertiary/aromatic N) is 2. The molecule has 2 aromatic carbocycles. The molecule has 0 spiro atoms. The minimum atomic E-state index is -3.63. The molecule has 0 saturated heterocycles. The fraction of sp³-hybridized carbons (Fsp3) is 0.350. The number of sulfonamides is 1. The van der Waals surface area contributed by atoms with Crippen LogP contribution >= 0.6 is 0 Å². The van der Waals surface area contributed by atoms with Crippen LogP contribution in [0.25, 0.3) is 0 Å². The second kappa shape index (κ2) is 5.84. The van der Waals surface area contributed by atoms with E-state index in [1.807, 2.05) is 38.1 Å². The van der Waals surface area contributed by atoms with Gasteiger partial charge in [-0.15, -0.1) is 0 Å². The Morgan fingerprint density at radius 3 is 2.54 bits per heavy atom. The maximum Gasteiger partial charge on any atom is 0.264 e. The van der Waals surface area contributed by atoms with Crippen molar-refractivity contribution in [2.45, 2.75) is 44.0 Å². The Hall–Kier alpha value is -2.34. The third-order valence-corrected chi connectivity index (χ3v) is 7.15. The highest BCUT2D eigenvalue weighted by Crippen LogP contribution is 2.40. The third-order valence-electron chi connectivity index (χ3n) is 5.37. The second-order valence-corrected chi connectivity index (χ2v) is 9.09. The number of para-hydroxylation sites is 1. The average Bonchev–Trinajstić information content (AvgIpc) is 3.11. The van der Waals surface area contributed by atoms with E-state index in [4.69, 9.17) is 0 Å². The molecule has 2 unspecified atom stereocenters. The highest BCUT2D eigenvalue weighted by Gasteiger charge is 2.36. The van der Waals surface area contributed by atoms with E-state index in [-0.39, 0.29) is 22.8 Å². The van der Waals surface area contributed by atoms with Gasteiger partial charge in [-0.2, -0.15) is 0 Å². The van der Waals surface area contributed by atoms with Gasteiger partial charge in [0.2, 0.25) is 5.91 Å². The molecule has 6 heteroatoms. The largest absolute Gasteiger partial charge is 0.309 e. The molecule has 0 bridgehead atoms. The van der Waals surface area contributed by atoms with Crippen LogP contribution in [0.15, 0.2) is 47.4 Å². The molecule has 2 aliphatic heterocycles. The van der Waals surface area contributed by atoms with Gasteiger partial charge >= 0.3 is 0 Å². The number of hydrogen-bond donors (Lipinski definition) is 0.